The first-order valence-corrected chi connectivity index (χ1v) is 8.18. The monoisotopic (exact) mass is 319 g/mol. The van der Waals surface area contributed by atoms with Crippen LogP contribution in [-0.4, -0.2) is 22.0 Å². The molecule has 0 aliphatic carbocycles. The smallest absolute Gasteiger partial charge is 0.224 e. The van der Waals surface area contributed by atoms with E-state index in [-0.39, 0.29) is 5.91 Å². The number of hydrogen-bond donors (Lipinski definition) is 1. The zero-order valence-corrected chi connectivity index (χ0v) is 13.6. The Morgan fingerprint density at radius 3 is 2.46 bits per heavy atom. The molecule has 24 heavy (non-hydrogen) atoms. The fourth-order valence-corrected chi connectivity index (χ4v) is 2.60. The summed E-state index contributed by atoms with van der Waals surface area (Å²) in [4.78, 5) is 16.0. The summed E-state index contributed by atoms with van der Waals surface area (Å²) >= 11 is 0. The lowest BCUT2D eigenvalue weighted by Gasteiger charge is -2.07. The second-order valence-corrected chi connectivity index (χ2v) is 5.74. The van der Waals surface area contributed by atoms with Crippen molar-refractivity contribution in [2.45, 2.75) is 19.4 Å². The van der Waals surface area contributed by atoms with Gasteiger partial charge in [0, 0.05) is 25.5 Å². The summed E-state index contributed by atoms with van der Waals surface area (Å²) in [5.41, 5.74) is 3.38. The van der Waals surface area contributed by atoms with Crippen molar-refractivity contribution in [3.8, 4) is 11.1 Å². The Morgan fingerprint density at radius 2 is 1.75 bits per heavy atom. The van der Waals surface area contributed by atoms with E-state index in [1.807, 2.05) is 41.1 Å². The molecule has 4 heteroatoms. The molecule has 0 atom stereocenters. The molecule has 2 aromatic carbocycles. The molecule has 4 nitrogen and oxygen atoms in total. The van der Waals surface area contributed by atoms with Crippen molar-refractivity contribution in [1.29, 1.82) is 0 Å². The summed E-state index contributed by atoms with van der Waals surface area (Å²) in [6, 6.07) is 18.4. The highest BCUT2D eigenvalue weighted by molar-refractivity contribution is 5.78. The number of aryl methyl sites for hydroxylation is 1. The lowest BCUT2D eigenvalue weighted by molar-refractivity contribution is -0.120. The van der Waals surface area contributed by atoms with Crippen LogP contribution in [-0.2, 0) is 17.8 Å². The third-order valence-electron chi connectivity index (χ3n) is 3.90. The topological polar surface area (TPSA) is 46.9 Å². The van der Waals surface area contributed by atoms with Crippen LogP contribution < -0.4 is 5.32 Å². The van der Waals surface area contributed by atoms with Gasteiger partial charge >= 0.3 is 0 Å². The number of nitrogens with zero attached hydrogens (tertiary/aromatic N) is 2. The summed E-state index contributed by atoms with van der Waals surface area (Å²) in [6.07, 6.45) is 6.79. The minimum absolute atomic E-state index is 0.0630. The van der Waals surface area contributed by atoms with E-state index in [4.69, 9.17) is 0 Å². The van der Waals surface area contributed by atoms with E-state index in [0.717, 1.165) is 18.5 Å². The Balaban J connectivity index is 1.44. The van der Waals surface area contributed by atoms with Gasteiger partial charge in [0.15, 0.2) is 0 Å². The van der Waals surface area contributed by atoms with Crippen LogP contribution in [0, 0.1) is 0 Å². The summed E-state index contributed by atoms with van der Waals surface area (Å²) in [5.74, 6) is 0.0630. The Morgan fingerprint density at radius 1 is 1.00 bits per heavy atom. The molecule has 0 fully saturated rings. The minimum Gasteiger partial charge on any atom is -0.356 e. The molecule has 0 spiro atoms. The molecule has 1 N–H and O–H groups in total. The van der Waals surface area contributed by atoms with Crippen LogP contribution in [0.15, 0.2) is 73.3 Å². The van der Waals surface area contributed by atoms with Gasteiger partial charge in [-0.25, -0.2) is 4.98 Å². The van der Waals surface area contributed by atoms with Crippen molar-refractivity contribution < 1.29 is 4.79 Å². The fraction of sp³-hybridized carbons (Fsp3) is 0.200. The summed E-state index contributed by atoms with van der Waals surface area (Å²) in [6.45, 7) is 1.55. The molecule has 0 saturated carbocycles. The van der Waals surface area contributed by atoms with Crippen LogP contribution in [0.3, 0.4) is 0 Å². The van der Waals surface area contributed by atoms with Gasteiger partial charge < -0.3 is 9.88 Å². The third-order valence-corrected chi connectivity index (χ3v) is 3.90. The van der Waals surface area contributed by atoms with Crippen molar-refractivity contribution in [2.24, 2.45) is 0 Å². The maximum atomic E-state index is 12.0. The fourth-order valence-electron chi connectivity index (χ4n) is 2.60. The molecule has 0 bridgehead atoms. The number of aromatic nitrogens is 2. The first-order chi connectivity index (χ1) is 11.8. The van der Waals surface area contributed by atoms with Crippen LogP contribution in [0.1, 0.15) is 12.0 Å². The van der Waals surface area contributed by atoms with Gasteiger partial charge in [-0.1, -0.05) is 54.6 Å². The van der Waals surface area contributed by atoms with Gasteiger partial charge in [0.2, 0.25) is 5.91 Å². The number of nitrogens with one attached hydrogen (secondary N) is 1. The zero-order chi connectivity index (χ0) is 16.6. The van der Waals surface area contributed by atoms with Gasteiger partial charge in [-0.3, -0.25) is 4.79 Å². The maximum absolute atomic E-state index is 12.0. The molecule has 0 aliphatic heterocycles. The third kappa shape index (κ3) is 4.56. The Hall–Kier alpha value is -2.88. The van der Waals surface area contributed by atoms with Gasteiger partial charge in [0.1, 0.15) is 0 Å². The molecule has 0 radical (unpaired) electrons. The second kappa shape index (κ2) is 8.11. The number of amides is 1. The van der Waals surface area contributed by atoms with Gasteiger partial charge in [-0.2, -0.15) is 0 Å². The average Bonchev–Trinajstić information content (AvgIpc) is 3.14. The quantitative estimate of drug-likeness (QED) is 0.679. The molecule has 1 heterocycles. The molecule has 0 unspecified atom stereocenters. The van der Waals surface area contributed by atoms with E-state index in [1.165, 1.54) is 11.1 Å². The standard InChI is InChI=1S/C20H21N3O/c24-20(22-11-4-13-23-14-12-21-16-23)15-17-7-9-19(10-8-17)18-5-2-1-3-6-18/h1-3,5-10,12,14,16H,4,11,13,15H2,(H,22,24). The molecule has 3 rings (SSSR count). The predicted molar refractivity (Wildman–Crippen MR) is 95.4 cm³/mol. The summed E-state index contributed by atoms with van der Waals surface area (Å²) < 4.78 is 2.01. The van der Waals surface area contributed by atoms with Crippen molar-refractivity contribution >= 4 is 5.91 Å². The number of carbonyl (C=O) groups excluding carboxylic acids is 1. The van der Waals surface area contributed by atoms with Crippen molar-refractivity contribution in [1.82, 2.24) is 14.9 Å². The van der Waals surface area contributed by atoms with Crippen molar-refractivity contribution in [3.05, 3.63) is 78.9 Å². The first-order valence-electron chi connectivity index (χ1n) is 8.18. The van der Waals surface area contributed by atoms with Crippen molar-refractivity contribution in [3.63, 3.8) is 0 Å². The van der Waals surface area contributed by atoms with Crippen LogP contribution in [0.5, 0.6) is 0 Å². The Kier molecular flexibility index (Phi) is 5.40. The molecule has 1 aromatic heterocycles. The zero-order valence-electron chi connectivity index (χ0n) is 13.6. The van der Waals surface area contributed by atoms with E-state index in [2.05, 4.69) is 34.6 Å². The lowest BCUT2D eigenvalue weighted by Crippen LogP contribution is -2.26. The average molecular weight is 319 g/mol. The normalized spacial score (nSPS) is 10.5. The van der Waals surface area contributed by atoms with Crippen LogP contribution >= 0.6 is 0 Å². The highest BCUT2D eigenvalue weighted by Crippen LogP contribution is 2.19. The number of rotatable bonds is 7. The molecule has 3 aromatic rings. The Bertz CT molecular complexity index is 749. The number of imidazole rings is 1. The molecule has 122 valence electrons. The van der Waals surface area contributed by atoms with Crippen LogP contribution in [0.4, 0.5) is 0 Å². The summed E-state index contributed by atoms with van der Waals surface area (Å²) in [5, 5.41) is 2.97. The highest BCUT2D eigenvalue weighted by atomic mass is 16.1. The molecular formula is C20H21N3O. The first kappa shape index (κ1) is 16.0. The van der Waals surface area contributed by atoms with Gasteiger partial charge in [-0.15, -0.1) is 0 Å². The van der Waals surface area contributed by atoms with E-state index in [0.29, 0.717) is 13.0 Å². The number of benzene rings is 2. The minimum atomic E-state index is 0.0630. The predicted octanol–water partition coefficient (Wildman–Crippen LogP) is 3.30. The van der Waals surface area contributed by atoms with Crippen LogP contribution in [0.2, 0.25) is 0 Å². The number of hydrogen-bond acceptors (Lipinski definition) is 2. The Labute approximate surface area is 142 Å². The number of carbonyl (C=O) groups is 1. The van der Waals surface area contributed by atoms with Crippen LogP contribution in [0.25, 0.3) is 11.1 Å². The molecule has 1 amide bonds. The van der Waals surface area contributed by atoms with E-state index in [1.54, 1.807) is 12.5 Å². The highest BCUT2D eigenvalue weighted by Gasteiger charge is 2.04. The maximum Gasteiger partial charge on any atom is 0.224 e. The SMILES string of the molecule is O=C(Cc1ccc(-c2ccccc2)cc1)NCCCn1ccnc1. The van der Waals surface area contributed by atoms with E-state index < -0.39 is 0 Å². The second-order valence-electron chi connectivity index (χ2n) is 5.74. The van der Waals surface area contributed by atoms with E-state index >= 15 is 0 Å². The molecule has 0 saturated heterocycles. The molecule has 0 aliphatic rings. The largest absolute Gasteiger partial charge is 0.356 e. The van der Waals surface area contributed by atoms with E-state index in [9.17, 15) is 4.79 Å². The van der Waals surface area contributed by atoms with Gasteiger partial charge in [0.05, 0.1) is 12.7 Å². The van der Waals surface area contributed by atoms with Gasteiger partial charge in [-0.05, 0) is 23.1 Å². The lowest BCUT2D eigenvalue weighted by atomic mass is 10.0. The molecular weight excluding hydrogens is 298 g/mol. The van der Waals surface area contributed by atoms with Gasteiger partial charge in [0.25, 0.3) is 0 Å². The van der Waals surface area contributed by atoms with Crippen molar-refractivity contribution in [2.75, 3.05) is 6.54 Å². The summed E-state index contributed by atoms with van der Waals surface area (Å²) in [7, 11) is 0.